The largest absolute Gasteiger partial charge is 0.352 e. The van der Waals surface area contributed by atoms with Gasteiger partial charge in [-0.1, -0.05) is 41.4 Å². The summed E-state index contributed by atoms with van der Waals surface area (Å²) in [4.78, 5) is 13.1. The van der Waals surface area contributed by atoms with Crippen LogP contribution in [0.3, 0.4) is 0 Å². The second-order valence-electron chi connectivity index (χ2n) is 5.70. The molecular formula is C17H15Cl2N5O. The van der Waals surface area contributed by atoms with E-state index in [1.54, 1.807) is 12.3 Å². The van der Waals surface area contributed by atoms with Gasteiger partial charge in [0.2, 0.25) is 0 Å². The summed E-state index contributed by atoms with van der Waals surface area (Å²) < 4.78 is 5.38. The van der Waals surface area contributed by atoms with Crippen LogP contribution in [0, 0.1) is 0 Å². The van der Waals surface area contributed by atoms with E-state index in [1.165, 1.54) is 0 Å². The Labute approximate surface area is 155 Å². The van der Waals surface area contributed by atoms with Gasteiger partial charge in [-0.2, -0.15) is 4.98 Å². The van der Waals surface area contributed by atoms with Gasteiger partial charge < -0.3 is 14.3 Å². The summed E-state index contributed by atoms with van der Waals surface area (Å²) in [6.45, 7) is 3.05. The van der Waals surface area contributed by atoms with Crippen molar-refractivity contribution in [1.29, 1.82) is 0 Å². The van der Waals surface area contributed by atoms with Crippen molar-refractivity contribution in [3.05, 3.63) is 52.6 Å². The predicted molar refractivity (Wildman–Crippen MR) is 98.4 cm³/mol. The number of hydrogen-bond acceptors (Lipinski definition) is 6. The highest BCUT2D eigenvalue weighted by molar-refractivity contribution is 6.36. The number of piperazine rings is 1. The molecule has 0 aliphatic carbocycles. The second-order valence-corrected chi connectivity index (χ2v) is 6.54. The normalized spacial score (nSPS) is 14.8. The van der Waals surface area contributed by atoms with E-state index < -0.39 is 0 Å². The zero-order valence-electron chi connectivity index (χ0n) is 13.3. The molecule has 0 bridgehead atoms. The summed E-state index contributed by atoms with van der Waals surface area (Å²) in [5.74, 6) is 1.89. The van der Waals surface area contributed by atoms with E-state index in [-0.39, 0.29) is 0 Å². The van der Waals surface area contributed by atoms with Crippen molar-refractivity contribution in [2.75, 3.05) is 36.0 Å². The van der Waals surface area contributed by atoms with Gasteiger partial charge in [-0.15, -0.1) is 0 Å². The molecule has 1 fully saturated rings. The third-order valence-corrected chi connectivity index (χ3v) is 4.57. The number of aromatic nitrogens is 3. The van der Waals surface area contributed by atoms with Crippen LogP contribution in [0.2, 0.25) is 10.0 Å². The zero-order chi connectivity index (χ0) is 17.2. The van der Waals surface area contributed by atoms with E-state index in [2.05, 4.69) is 24.9 Å². The molecule has 1 saturated heterocycles. The molecule has 0 unspecified atom stereocenters. The number of halogens is 2. The van der Waals surface area contributed by atoms with E-state index in [4.69, 9.17) is 27.7 Å². The Kier molecular flexibility index (Phi) is 4.46. The summed E-state index contributed by atoms with van der Waals surface area (Å²) >= 11 is 12.2. The topological polar surface area (TPSA) is 58.3 Å². The SMILES string of the molecule is Clc1cnc(N2CCN(c3noc(-c4ccccc4)n3)CC2)c(Cl)c1. The maximum Gasteiger partial charge on any atom is 0.266 e. The molecule has 0 N–H and O–H groups in total. The van der Waals surface area contributed by atoms with Gasteiger partial charge in [0.1, 0.15) is 5.82 Å². The Morgan fingerprint density at radius 2 is 1.68 bits per heavy atom. The van der Waals surface area contributed by atoms with Crippen molar-refractivity contribution in [3.63, 3.8) is 0 Å². The molecule has 1 aliphatic heterocycles. The average Bonchev–Trinajstić information content (AvgIpc) is 3.13. The van der Waals surface area contributed by atoms with Crippen molar-refractivity contribution >= 4 is 35.0 Å². The van der Waals surface area contributed by atoms with Crippen LogP contribution in [-0.4, -0.2) is 41.3 Å². The smallest absolute Gasteiger partial charge is 0.266 e. The first kappa shape index (κ1) is 16.2. The van der Waals surface area contributed by atoms with E-state index in [9.17, 15) is 0 Å². The highest BCUT2D eigenvalue weighted by Crippen LogP contribution is 2.27. The summed E-state index contributed by atoms with van der Waals surface area (Å²) in [6, 6.07) is 11.5. The molecule has 25 heavy (non-hydrogen) atoms. The van der Waals surface area contributed by atoms with Crippen LogP contribution >= 0.6 is 23.2 Å². The zero-order valence-corrected chi connectivity index (χ0v) is 14.8. The second kappa shape index (κ2) is 6.90. The molecule has 128 valence electrons. The van der Waals surface area contributed by atoms with Crippen LogP contribution in [0.25, 0.3) is 11.5 Å². The third-order valence-electron chi connectivity index (χ3n) is 4.09. The Morgan fingerprint density at radius 3 is 2.40 bits per heavy atom. The van der Waals surface area contributed by atoms with Gasteiger partial charge in [0, 0.05) is 37.9 Å². The van der Waals surface area contributed by atoms with E-state index >= 15 is 0 Å². The molecule has 0 atom stereocenters. The van der Waals surface area contributed by atoms with Gasteiger partial charge in [-0.3, -0.25) is 0 Å². The van der Waals surface area contributed by atoms with E-state index in [1.807, 2.05) is 30.3 Å². The van der Waals surface area contributed by atoms with Gasteiger partial charge in [0.15, 0.2) is 0 Å². The van der Waals surface area contributed by atoms with Crippen LogP contribution in [0.15, 0.2) is 47.1 Å². The number of rotatable bonds is 3. The minimum absolute atomic E-state index is 0.528. The first-order valence-corrected chi connectivity index (χ1v) is 8.66. The highest BCUT2D eigenvalue weighted by Gasteiger charge is 2.23. The van der Waals surface area contributed by atoms with Crippen LogP contribution in [0.4, 0.5) is 11.8 Å². The van der Waals surface area contributed by atoms with Crippen LogP contribution in [0.5, 0.6) is 0 Å². The number of anilines is 2. The first-order chi connectivity index (χ1) is 12.2. The van der Waals surface area contributed by atoms with Crippen LogP contribution in [-0.2, 0) is 0 Å². The summed E-state index contributed by atoms with van der Waals surface area (Å²) in [5.41, 5.74) is 0.914. The summed E-state index contributed by atoms with van der Waals surface area (Å²) in [7, 11) is 0. The molecule has 3 heterocycles. The fourth-order valence-electron chi connectivity index (χ4n) is 2.80. The highest BCUT2D eigenvalue weighted by atomic mass is 35.5. The molecule has 0 spiro atoms. The van der Waals surface area contributed by atoms with E-state index in [0.717, 1.165) is 37.6 Å². The van der Waals surface area contributed by atoms with E-state index in [0.29, 0.717) is 21.9 Å². The first-order valence-electron chi connectivity index (χ1n) is 7.91. The Bertz CT molecular complexity index is 862. The molecule has 0 radical (unpaired) electrons. The monoisotopic (exact) mass is 375 g/mol. The van der Waals surface area contributed by atoms with Gasteiger partial charge >= 0.3 is 0 Å². The maximum absolute atomic E-state index is 6.25. The number of benzene rings is 1. The Balaban J connectivity index is 1.45. The fraction of sp³-hybridized carbons (Fsp3) is 0.235. The molecule has 0 saturated carbocycles. The fourth-order valence-corrected chi connectivity index (χ4v) is 3.30. The molecule has 8 heteroatoms. The van der Waals surface area contributed by atoms with Gasteiger partial charge in [-0.25, -0.2) is 4.98 Å². The van der Waals surface area contributed by atoms with Crippen LogP contribution in [0.1, 0.15) is 0 Å². The maximum atomic E-state index is 6.25. The quantitative estimate of drug-likeness (QED) is 0.694. The number of hydrogen-bond donors (Lipinski definition) is 0. The molecule has 6 nitrogen and oxygen atoms in total. The summed E-state index contributed by atoms with van der Waals surface area (Å²) in [6.07, 6.45) is 1.61. The third kappa shape index (κ3) is 3.41. The predicted octanol–water partition coefficient (Wildman–Crippen LogP) is 3.77. The lowest BCUT2D eigenvalue weighted by Crippen LogP contribution is -2.47. The lowest BCUT2D eigenvalue weighted by Gasteiger charge is -2.34. The molecule has 2 aromatic heterocycles. The van der Waals surface area contributed by atoms with Gasteiger partial charge in [0.05, 0.1) is 10.0 Å². The van der Waals surface area contributed by atoms with Crippen molar-refractivity contribution in [1.82, 2.24) is 15.1 Å². The van der Waals surface area contributed by atoms with Crippen molar-refractivity contribution in [2.45, 2.75) is 0 Å². The minimum Gasteiger partial charge on any atom is -0.352 e. The minimum atomic E-state index is 0.528. The van der Waals surface area contributed by atoms with Crippen molar-refractivity contribution < 1.29 is 4.52 Å². The molecule has 3 aromatic rings. The van der Waals surface area contributed by atoms with Crippen molar-refractivity contribution in [3.8, 4) is 11.5 Å². The lowest BCUT2D eigenvalue weighted by molar-refractivity contribution is 0.428. The summed E-state index contributed by atoms with van der Waals surface area (Å²) in [5, 5.41) is 5.20. The Morgan fingerprint density at radius 1 is 0.960 bits per heavy atom. The van der Waals surface area contributed by atoms with Crippen molar-refractivity contribution in [2.24, 2.45) is 0 Å². The molecule has 1 aliphatic rings. The number of pyridine rings is 1. The molecule has 1 aromatic carbocycles. The van der Waals surface area contributed by atoms with Gasteiger partial charge in [-0.05, 0) is 23.4 Å². The average molecular weight is 376 g/mol. The standard InChI is InChI=1S/C17H15Cl2N5O/c18-13-10-14(19)15(20-11-13)23-6-8-24(9-7-23)17-21-16(25-22-17)12-4-2-1-3-5-12/h1-5,10-11H,6-9H2. The Hall–Kier alpha value is -2.31. The molecule has 4 rings (SSSR count). The molecule has 0 amide bonds. The van der Waals surface area contributed by atoms with Crippen LogP contribution < -0.4 is 9.80 Å². The number of nitrogens with zero attached hydrogens (tertiary/aromatic N) is 5. The lowest BCUT2D eigenvalue weighted by atomic mass is 10.2. The molecular weight excluding hydrogens is 361 g/mol. The van der Waals surface area contributed by atoms with Gasteiger partial charge in [0.25, 0.3) is 11.8 Å².